The molecule has 12 heavy (non-hydrogen) atoms. The van der Waals surface area contributed by atoms with E-state index in [1.807, 2.05) is 0 Å². The summed E-state index contributed by atoms with van der Waals surface area (Å²) < 4.78 is 0. The molecule has 64 valence electrons. The van der Waals surface area contributed by atoms with Crippen molar-refractivity contribution in [3.05, 3.63) is 28.8 Å². The van der Waals surface area contributed by atoms with E-state index in [1.54, 1.807) is 18.2 Å². The third kappa shape index (κ3) is 1.98. The summed E-state index contributed by atoms with van der Waals surface area (Å²) in [5.74, 6) is 0.0157. The summed E-state index contributed by atoms with van der Waals surface area (Å²) in [6.45, 7) is 1.47. The Hall–Kier alpha value is -1.02. The van der Waals surface area contributed by atoms with Crippen LogP contribution in [-0.2, 0) is 11.2 Å². The molecule has 0 aliphatic heterocycles. The van der Waals surface area contributed by atoms with Crippen LogP contribution in [-0.4, -0.2) is 10.9 Å². The third-order valence-corrected chi connectivity index (χ3v) is 1.81. The number of Topliss-reactive ketones (excluding diaryl/α,β-unsaturated/α-hetero) is 1. The minimum Gasteiger partial charge on any atom is -0.506 e. The number of carbonyl (C=O) groups excluding carboxylic acids is 1. The summed E-state index contributed by atoms with van der Waals surface area (Å²) in [5.41, 5.74) is 0.579. The highest BCUT2D eigenvalue weighted by Crippen LogP contribution is 2.27. The van der Waals surface area contributed by atoms with Gasteiger partial charge in [0, 0.05) is 12.0 Å². The molecule has 2 nitrogen and oxygen atoms in total. The van der Waals surface area contributed by atoms with Crippen molar-refractivity contribution < 1.29 is 9.90 Å². The van der Waals surface area contributed by atoms with E-state index in [2.05, 4.69) is 0 Å². The lowest BCUT2D eigenvalue weighted by Gasteiger charge is -2.02. The van der Waals surface area contributed by atoms with E-state index in [-0.39, 0.29) is 23.0 Å². The Labute approximate surface area is 75.8 Å². The molecule has 1 N–H and O–H groups in total. The largest absolute Gasteiger partial charge is 0.506 e. The van der Waals surface area contributed by atoms with Gasteiger partial charge in [0.2, 0.25) is 0 Å². The smallest absolute Gasteiger partial charge is 0.137 e. The van der Waals surface area contributed by atoms with Gasteiger partial charge in [-0.25, -0.2) is 0 Å². The fourth-order valence-corrected chi connectivity index (χ4v) is 1.16. The summed E-state index contributed by atoms with van der Waals surface area (Å²) in [7, 11) is 0. The Bertz CT molecular complexity index is 307. The number of phenolic OH excluding ortho intramolecular Hbond substituents is 1. The van der Waals surface area contributed by atoms with Gasteiger partial charge in [-0.1, -0.05) is 23.7 Å². The summed E-state index contributed by atoms with van der Waals surface area (Å²) >= 11 is 5.64. The molecule has 0 aromatic heterocycles. The van der Waals surface area contributed by atoms with Crippen LogP contribution in [0.25, 0.3) is 0 Å². The second-order valence-corrected chi connectivity index (χ2v) is 3.03. The van der Waals surface area contributed by atoms with E-state index in [0.717, 1.165) is 0 Å². The third-order valence-electron chi connectivity index (χ3n) is 1.51. The first-order chi connectivity index (χ1) is 5.61. The molecule has 0 heterocycles. The summed E-state index contributed by atoms with van der Waals surface area (Å²) in [5, 5.41) is 9.65. The maximum Gasteiger partial charge on any atom is 0.137 e. The monoisotopic (exact) mass is 184 g/mol. The van der Waals surface area contributed by atoms with E-state index >= 15 is 0 Å². The van der Waals surface area contributed by atoms with E-state index in [4.69, 9.17) is 11.6 Å². The van der Waals surface area contributed by atoms with Crippen LogP contribution >= 0.6 is 11.6 Å². The summed E-state index contributed by atoms with van der Waals surface area (Å²) in [6, 6.07) is 4.98. The summed E-state index contributed by atoms with van der Waals surface area (Å²) in [4.78, 5) is 10.7. The second-order valence-electron chi connectivity index (χ2n) is 2.63. The minimum absolute atomic E-state index is 0.00701. The van der Waals surface area contributed by atoms with Crippen molar-refractivity contribution in [1.29, 1.82) is 0 Å². The van der Waals surface area contributed by atoms with Crippen molar-refractivity contribution in [3.8, 4) is 5.75 Å². The van der Waals surface area contributed by atoms with Crippen LogP contribution in [0.15, 0.2) is 18.2 Å². The van der Waals surface area contributed by atoms with Gasteiger partial charge in [-0.3, -0.25) is 4.79 Å². The average molecular weight is 185 g/mol. The molecule has 1 aromatic carbocycles. The average Bonchev–Trinajstić information content (AvgIpc) is 1.98. The second kappa shape index (κ2) is 3.59. The molecule has 0 fully saturated rings. The number of ketones is 1. The first-order valence-electron chi connectivity index (χ1n) is 3.57. The Morgan fingerprint density at radius 3 is 2.83 bits per heavy atom. The molecule has 0 unspecified atom stereocenters. The number of aromatic hydroxyl groups is 1. The fourth-order valence-electron chi connectivity index (χ4n) is 0.971. The molecule has 0 saturated heterocycles. The molecule has 0 saturated carbocycles. The van der Waals surface area contributed by atoms with Crippen molar-refractivity contribution in [2.75, 3.05) is 0 Å². The number of halogens is 1. The van der Waals surface area contributed by atoms with Crippen molar-refractivity contribution in [3.63, 3.8) is 0 Å². The zero-order valence-electron chi connectivity index (χ0n) is 6.67. The number of carbonyl (C=O) groups is 1. The van der Waals surface area contributed by atoms with Crippen LogP contribution in [0.3, 0.4) is 0 Å². The first kappa shape index (κ1) is 9.07. The van der Waals surface area contributed by atoms with Crippen LogP contribution in [0.1, 0.15) is 12.5 Å². The molecule has 0 aliphatic carbocycles. The van der Waals surface area contributed by atoms with Gasteiger partial charge in [0.15, 0.2) is 0 Å². The molecule has 0 spiro atoms. The van der Waals surface area contributed by atoms with Crippen molar-refractivity contribution in [1.82, 2.24) is 0 Å². The molecule has 0 radical (unpaired) electrons. The van der Waals surface area contributed by atoms with Gasteiger partial charge in [-0.2, -0.15) is 0 Å². The lowest BCUT2D eigenvalue weighted by atomic mass is 10.1. The van der Waals surface area contributed by atoms with E-state index in [9.17, 15) is 9.90 Å². The molecular weight excluding hydrogens is 176 g/mol. The zero-order chi connectivity index (χ0) is 9.14. The van der Waals surface area contributed by atoms with Crippen LogP contribution < -0.4 is 0 Å². The predicted octanol–water partition coefficient (Wildman–Crippen LogP) is 2.18. The normalized spacial score (nSPS) is 9.83. The Morgan fingerprint density at radius 2 is 2.25 bits per heavy atom. The Morgan fingerprint density at radius 1 is 1.58 bits per heavy atom. The molecule has 0 atom stereocenters. The van der Waals surface area contributed by atoms with Gasteiger partial charge in [0.25, 0.3) is 0 Å². The number of hydrogen-bond acceptors (Lipinski definition) is 2. The maximum atomic E-state index is 10.7. The quantitative estimate of drug-likeness (QED) is 0.765. The molecule has 1 rings (SSSR count). The molecular formula is C9H9ClO2. The van der Waals surface area contributed by atoms with E-state index in [1.165, 1.54) is 6.92 Å². The van der Waals surface area contributed by atoms with Crippen LogP contribution in [0, 0.1) is 0 Å². The van der Waals surface area contributed by atoms with Crippen LogP contribution in [0.4, 0.5) is 0 Å². The van der Waals surface area contributed by atoms with Gasteiger partial charge < -0.3 is 5.11 Å². The van der Waals surface area contributed by atoms with Crippen molar-refractivity contribution in [2.24, 2.45) is 0 Å². The SMILES string of the molecule is CC(=O)Cc1cccc(Cl)c1O. The summed E-state index contributed by atoms with van der Waals surface area (Å²) in [6.07, 6.45) is 0.229. The highest BCUT2D eigenvalue weighted by molar-refractivity contribution is 6.32. The highest BCUT2D eigenvalue weighted by atomic mass is 35.5. The molecule has 3 heteroatoms. The Kier molecular flexibility index (Phi) is 2.71. The van der Waals surface area contributed by atoms with Crippen molar-refractivity contribution in [2.45, 2.75) is 13.3 Å². The maximum absolute atomic E-state index is 10.7. The van der Waals surface area contributed by atoms with Crippen LogP contribution in [0.2, 0.25) is 5.02 Å². The van der Waals surface area contributed by atoms with Gasteiger partial charge in [0.1, 0.15) is 11.5 Å². The van der Waals surface area contributed by atoms with Gasteiger partial charge >= 0.3 is 0 Å². The first-order valence-corrected chi connectivity index (χ1v) is 3.95. The lowest BCUT2D eigenvalue weighted by Crippen LogP contribution is -1.96. The van der Waals surface area contributed by atoms with E-state index < -0.39 is 0 Å². The van der Waals surface area contributed by atoms with Gasteiger partial charge in [-0.05, 0) is 13.0 Å². The number of benzene rings is 1. The molecule has 0 bridgehead atoms. The number of rotatable bonds is 2. The standard InChI is InChI=1S/C9H9ClO2/c1-6(11)5-7-3-2-4-8(10)9(7)12/h2-4,12H,5H2,1H3. The number of phenols is 1. The van der Waals surface area contributed by atoms with Crippen LogP contribution in [0.5, 0.6) is 5.75 Å². The fraction of sp³-hybridized carbons (Fsp3) is 0.222. The molecule has 1 aromatic rings. The molecule has 0 amide bonds. The zero-order valence-corrected chi connectivity index (χ0v) is 7.43. The van der Waals surface area contributed by atoms with Gasteiger partial charge in [-0.15, -0.1) is 0 Å². The number of para-hydroxylation sites is 1. The van der Waals surface area contributed by atoms with E-state index in [0.29, 0.717) is 5.56 Å². The molecule has 0 aliphatic rings. The topological polar surface area (TPSA) is 37.3 Å². The number of hydrogen-bond donors (Lipinski definition) is 1. The van der Waals surface area contributed by atoms with Crippen molar-refractivity contribution >= 4 is 17.4 Å². The Balaban J connectivity index is 3.00. The highest BCUT2D eigenvalue weighted by Gasteiger charge is 2.06. The lowest BCUT2D eigenvalue weighted by molar-refractivity contribution is -0.116. The predicted molar refractivity (Wildman–Crippen MR) is 47.5 cm³/mol. The minimum atomic E-state index is 0.00701. The van der Waals surface area contributed by atoms with Gasteiger partial charge in [0.05, 0.1) is 5.02 Å².